The molecule has 0 unspecified atom stereocenters. The van der Waals surface area contributed by atoms with Crippen molar-refractivity contribution in [2.45, 2.75) is 13.8 Å². The Hall–Kier alpha value is -2.49. The standard InChI is InChI=1S/C15H16N2O2/c1-9-3-5-12(8-13(9)16)17-15(19)11-4-6-14(18)10(2)7-11/h3-8,18H,16H2,1-2H3,(H,17,19). The van der Waals surface area contributed by atoms with E-state index in [1.807, 2.05) is 13.0 Å². The molecule has 2 aromatic rings. The lowest BCUT2D eigenvalue weighted by Crippen LogP contribution is -2.12. The summed E-state index contributed by atoms with van der Waals surface area (Å²) in [5, 5.41) is 12.2. The quantitative estimate of drug-likeness (QED) is 0.723. The molecule has 0 atom stereocenters. The third-order valence-corrected chi connectivity index (χ3v) is 3.00. The van der Waals surface area contributed by atoms with Gasteiger partial charge in [-0.2, -0.15) is 0 Å². The first-order chi connectivity index (χ1) is 8.97. The number of aryl methyl sites for hydroxylation is 2. The minimum absolute atomic E-state index is 0.177. The molecule has 0 aliphatic rings. The molecule has 0 bridgehead atoms. The van der Waals surface area contributed by atoms with E-state index in [1.165, 1.54) is 6.07 Å². The summed E-state index contributed by atoms with van der Waals surface area (Å²) in [4.78, 5) is 12.0. The third kappa shape index (κ3) is 2.85. The average Bonchev–Trinajstić information content (AvgIpc) is 2.37. The molecule has 1 amide bonds. The minimum atomic E-state index is -0.230. The van der Waals surface area contributed by atoms with Gasteiger partial charge in [0.15, 0.2) is 0 Å². The molecule has 0 heterocycles. The summed E-state index contributed by atoms with van der Waals surface area (Å²) in [5.74, 6) is -0.0533. The highest BCUT2D eigenvalue weighted by Gasteiger charge is 2.08. The molecule has 19 heavy (non-hydrogen) atoms. The van der Waals surface area contributed by atoms with Crippen LogP contribution in [0.3, 0.4) is 0 Å². The van der Waals surface area contributed by atoms with Crippen molar-refractivity contribution in [3.05, 3.63) is 53.1 Å². The van der Waals surface area contributed by atoms with Crippen LogP contribution in [-0.4, -0.2) is 11.0 Å². The predicted molar refractivity (Wildman–Crippen MR) is 76.4 cm³/mol. The summed E-state index contributed by atoms with van der Waals surface area (Å²) in [5.41, 5.74) is 9.21. The molecule has 4 N–H and O–H groups in total. The van der Waals surface area contributed by atoms with Gasteiger partial charge in [0.2, 0.25) is 0 Å². The van der Waals surface area contributed by atoms with Crippen molar-refractivity contribution in [1.29, 1.82) is 0 Å². The zero-order valence-electron chi connectivity index (χ0n) is 10.9. The number of aromatic hydroxyl groups is 1. The van der Waals surface area contributed by atoms with E-state index in [0.717, 1.165) is 5.56 Å². The van der Waals surface area contributed by atoms with E-state index in [-0.39, 0.29) is 11.7 Å². The van der Waals surface area contributed by atoms with E-state index in [9.17, 15) is 9.90 Å². The van der Waals surface area contributed by atoms with Gasteiger partial charge in [0.05, 0.1) is 0 Å². The van der Waals surface area contributed by atoms with Crippen molar-refractivity contribution in [3.63, 3.8) is 0 Å². The number of rotatable bonds is 2. The number of amides is 1. The van der Waals surface area contributed by atoms with Gasteiger partial charge in [-0.15, -0.1) is 0 Å². The smallest absolute Gasteiger partial charge is 0.255 e. The van der Waals surface area contributed by atoms with E-state index in [4.69, 9.17) is 5.73 Å². The molecule has 0 radical (unpaired) electrons. The second-order valence-electron chi connectivity index (χ2n) is 4.53. The zero-order chi connectivity index (χ0) is 14.0. The molecule has 2 aromatic carbocycles. The number of hydrogen-bond donors (Lipinski definition) is 3. The van der Waals surface area contributed by atoms with Gasteiger partial charge in [-0.25, -0.2) is 0 Å². The summed E-state index contributed by atoms with van der Waals surface area (Å²) < 4.78 is 0. The highest BCUT2D eigenvalue weighted by atomic mass is 16.3. The first kappa shape index (κ1) is 13.0. The van der Waals surface area contributed by atoms with Gasteiger partial charge in [-0.1, -0.05) is 6.07 Å². The van der Waals surface area contributed by atoms with Gasteiger partial charge in [0.1, 0.15) is 5.75 Å². The Morgan fingerprint density at radius 2 is 1.84 bits per heavy atom. The average molecular weight is 256 g/mol. The molecule has 4 heteroatoms. The van der Waals surface area contributed by atoms with E-state index in [2.05, 4.69) is 5.32 Å². The number of carbonyl (C=O) groups excluding carboxylic acids is 1. The number of phenols is 1. The van der Waals surface area contributed by atoms with Crippen LogP contribution < -0.4 is 11.1 Å². The van der Waals surface area contributed by atoms with Crippen LogP contribution in [0.4, 0.5) is 11.4 Å². The molecular formula is C15H16N2O2. The number of carbonyl (C=O) groups is 1. The lowest BCUT2D eigenvalue weighted by Gasteiger charge is -2.08. The number of nitrogen functional groups attached to an aromatic ring is 1. The number of phenolic OH excluding ortho intramolecular Hbond substituents is 1. The number of nitrogens with one attached hydrogen (secondary N) is 1. The maximum Gasteiger partial charge on any atom is 0.255 e. The van der Waals surface area contributed by atoms with Crippen LogP contribution in [0.25, 0.3) is 0 Å². The van der Waals surface area contributed by atoms with Gasteiger partial charge in [0.25, 0.3) is 5.91 Å². The van der Waals surface area contributed by atoms with Crippen LogP contribution in [0.15, 0.2) is 36.4 Å². The Kier molecular flexibility index (Phi) is 3.42. The topological polar surface area (TPSA) is 75.3 Å². The Bertz CT molecular complexity index is 636. The fourth-order valence-electron chi connectivity index (χ4n) is 1.72. The monoisotopic (exact) mass is 256 g/mol. The Labute approximate surface area is 111 Å². The highest BCUT2D eigenvalue weighted by Crippen LogP contribution is 2.20. The van der Waals surface area contributed by atoms with Crippen LogP contribution in [0.5, 0.6) is 5.75 Å². The lowest BCUT2D eigenvalue weighted by molar-refractivity contribution is 0.102. The van der Waals surface area contributed by atoms with Gasteiger partial charge >= 0.3 is 0 Å². The van der Waals surface area contributed by atoms with Crippen LogP contribution >= 0.6 is 0 Å². The maximum absolute atomic E-state index is 12.0. The second-order valence-corrected chi connectivity index (χ2v) is 4.53. The van der Waals surface area contributed by atoms with Gasteiger partial charge < -0.3 is 16.2 Å². The van der Waals surface area contributed by atoms with Gasteiger partial charge in [-0.05, 0) is 55.3 Å². The molecule has 0 saturated carbocycles. The van der Waals surface area contributed by atoms with Crippen LogP contribution in [0.1, 0.15) is 21.5 Å². The molecule has 0 spiro atoms. The number of benzene rings is 2. The molecule has 0 saturated heterocycles. The summed E-state index contributed by atoms with van der Waals surface area (Å²) in [6.07, 6.45) is 0. The lowest BCUT2D eigenvalue weighted by atomic mass is 10.1. The zero-order valence-corrected chi connectivity index (χ0v) is 10.9. The first-order valence-electron chi connectivity index (χ1n) is 5.94. The number of nitrogens with two attached hydrogens (primary N) is 1. The summed E-state index contributed by atoms with van der Waals surface area (Å²) in [7, 11) is 0. The molecule has 0 fully saturated rings. The molecule has 4 nitrogen and oxygen atoms in total. The predicted octanol–water partition coefficient (Wildman–Crippen LogP) is 2.84. The SMILES string of the molecule is Cc1ccc(NC(=O)c2ccc(O)c(C)c2)cc1N. The summed E-state index contributed by atoms with van der Waals surface area (Å²) in [6.45, 7) is 3.65. The summed E-state index contributed by atoms with van der Waals surface area (Å²) in [6, 6.07) is 10.1. The molecule has 0 aliphatic heterocycles. The normalized spacial score (nSPS) is 10.2. The summed E-state index contributed by atoms with van der Waals surface area (Å²) >= 11 is 0. The van der Waals surface area contributed by atoms with Crippen LogP contribution in [0, 0.1) is 13.8 Å². The first-order valence-corrected chi connectivity index (χ1v) is 5.94. The highest BCUT2D eigenvalue weighted by molar-refractivity contribution is 6.04. The maximum atomic E-state index is 12.0. The van der Waals surface area contributed by atoms with Crippen molar-refractivity contribution in [2.75, 3.05) is 11.1 Å². The molecule has 98 valence electrons. The van der Waals surface area contributed by atoms with E-state index >= 15 is 0 Å². The second kappa shape index (κ2) is 5.02. The van der Waals surface area contributed by atoms with Crippen molar-refractivity contribution < 1.29 is 9.90 Å². The van der Waals surface area contributed by atoms with Crippen molar-refractivity contribution in [1.82, 2.24) is 0 Å². The Morgan fingerprint density at radius 1 is 1.11 bits per heavy atom. The van der Waals surface area contributed by atoms with E-state index < -0.39 is 0 Å². The van der Waals surface area contributed by atoms with Gasteiger partial charge in [-0.3, -0.25) is 4.79 Å². The molecule has 0 aromatic heterocycles. The fraction of sp³-hybridized carbons (Fsp3) is 0.133. The number of hydrogen-bond acceptors (Lipinski definition) is 3. The van der Waals surface area contributed by atoms with Gasteiger partial charge in [0, 0.05) is 16.9 Å². The third-order valence-electron chi connectivity index (χ3n) is 3.00. The van der Waals surface area contributed by atoms with Crippen LogP contribution in [-0.2, 0) is 0 Å². The van der Waals surface area contributed by atoms with Crippen molar-refractivity contribution in [3.8, 4) is 5.75 Å². The molecule has 0 aliphatic carbocycles. The minimum Gasteiger partial charge on any atom is -0.508 e. The Balaban J connectivity index is 2.20. The molecule has 2 rings (SSSR count). The van der Waals surface area contributed by atoms with E-state index in [0.29, 0.717) is 22.5 Å². The van der Waals surface area contributed by atoms with Crippen molar-refractivity contribution in [2.24, 2.45) is 0 Å². The van der Waals surface area contributed by atoms with Crippen LogP contribution in [0.2, 0.25) is 0 Å². The van der Waals surface area contributed by atoms with Crippen molar-refractivity contribution >= 4 is 17.3 Å². The molecular weight excluding hydrogens is 240 g/mol. The largest absolute Gasteiger partial charge is 0.508 e. The fourth-order valence-corrected chi connectivity index (χ4v) is 1.72. The number of anilines is 2. The Morgan fingerprint density at radius 3 is 2.47 bits per heavy atom. The van der Waals surface area contributed by atoms with E-state index in [1.54, 1.807) is 31.2 Å².